The average molecular weight is 306 g/mol. The molecule has 124 valence electrons. The highest BCUT2D eigenvalue weighted by molar-refractivity contribution is 5.36. The van der Waals surface area contributed by atoms with Crippen LogP contribution in [0.2, 0.25) is 0 Å². The van der Waals surface area contributed by atoms with Crippen LogP contribution in [0.3, 0.4) is 0 Å². The number of hydrogen-bond acceptors (Lipinski definition) is 4. The van der Waals surface area contributed by atoms with Crippen LogP contribution in [0, 0.1) is 5.92 Å². The lowest BCUT2D eigenvalue weighted by atomic mass is 9.96. The van der Waals surface area contributed by atoms with Crippen LogP contribution in [0.4, 0.5) is 5.82 Å². The summed E-state index contributed by atoms with van der Waals surface area (Å²) in [6.07, 6.45) is 9.15. The first kappa shape index (κ1) is 17.0. The van der Waals surface area contributed by atoms with Crippen LogP contribution >= 0.6 is 0 Å². The van der Waals surface area contributed by atoms with Crippen molar-refractivity contribution in [3.05, 3.63) is 22.7 Å². The van der Waals surface area contributed by atoms with Gasteiger partial charge >= 0.3 is 0 Å². The predicted octanol–water partition coefficient (Wildman–Crippen LogP) is 2.54. The maximum absolute atomic E-state index is 11.9. The van der Waals surface area contributed by atoms with Crippen molar-refractivity contribution in [2.75, 3.05) is 18.0 Å². The second-order valence-electron chi connectivity index (χ2n) is 6.55. The minimum absolute atomic E-state index is 0.0882. The van der Waals surface area contributed by atoms with Gasteiger partial charge < -0.3 is 15.2 Å². The first-order valence-corrected chi connectivity index (χ1v) is 8.68. The van der Waals surface area contributed by atoms with E-state index in [4.69, 9.17) is 0 Å². The molecule has 0 spiro atoms. The lowest BCUT2D eigenvalue weighted by Gasteiger charge is -2.36. The van der Waals surface area contributed by atoms with Gasteiger partial charge in [-0.25, -0.2) is 4.98 Å². The third kappa shape index (κ3) is 4.57. The SMILES string of the molecule is CC[C@H](C)C[C@@H](CC)N[C@@H]1CCCN(c2ncc[nH]c2=O)C1. The predicted molar refractivity (Wildman–Crippen MR) is 91.4 cm³/mol. The van der Waals surface area contributed by atoms with Gasteiger partial charge in [0.2, 0.25) is 0 Å². The van der Waals surface area contributed by atoms with Crippen LogP contribution in [0.25, 0.3) is 0 Å². The number of nitrogens with zero attached hydrogens (tertiary/aromatic N) is 2. The zero-order valence-electron chi connectivity index (χ0n) is 14.1. The highest BCUT2D eigenvalue weighted by Crippen LogP contribution is 2.18. The molecule has 0 aromatic carbocycles. The van der Waals surface area contributed by atoms with E-state index < -0.39 is 0 Å². The van der Waals surface area contributed by atoms with E-state index in [1.165, 1.54) is 19.3 Å². The summed E-state index contributed by atoms with van der Waals surface area (Å²) in [4.78, 5) is 21.0. The molecular formula is C17H30N4O. The van der Waals surface area contributed by atoms with Crippen molar-refractivity contribution in [2.24, 2.45) is 5.92 Å². The topological polar surface area (TPSA) is 61.0 Å². The van der Waals surface area contributed by atoms with Gasteiger partial charge in [-0.2, -0.15) is 0 Å². The Morgan fingerprint density at radius 3 is 2.95 bits per heavy atom. The molecule has 1 saturated heterocycles. The largest absolute Gasteiger partial charge is 0.350 e. The first-order chi connectivity index (χ1) is 10.6. The van der Waals surface area contributed by atoms with Crippen molar-refractivity contribution in [2.45, 2.75) is 65.0 Å². The Hall–Kier alpha value is -1.36. The van der Waals surface area contributed by atoms with E-state index in [2.05, 4.69) is 41.0 Å². The minimum atomic E-state index is -0.0882. The fourth-order valence-corrected chi connectivity index (χ4v) is 3.21. The van der Waals surface area contributed by atoms with E-state index in [0.29, 0.717) is 17.9 Å². The fraction of sp³-hybridized carbons (Fsp3) is 0.765. The van der Waals surface area contributed by atoms with E-state index in [0.717, 1.165) is 31.8 Å². The van der Waals surface area contributed by atoms with E-state index >= 15 is 0 Å². The summed E-state index contributed by atoms with van der Waals surface area (Å²) in [5.41, 5.74) is -0.0882. The molecule has 1 aromatic rings. The van der Waals surface area contributed by atoms with Crippen LogP contribution in [0.5, 0.6) is 0 Å². The molecule has 5 heteroatoms. The van der Waals surface area contributed by atoms with E-state index in [1.54, 1.807) is 12.4 Å². The Morgan fingerprint density at radius 2 is 2.27 bits per heavy atom. The van der Waals surface area contributed by atoms with E-state index in [1.807, 2.05) is 0 Å². The highest BCUT2D eigenvalue weighted by Gasteiger charge is 2.24. The van der Waals surface area contributed by atoms with Gasteiger partial charge in [0, 0.05) is 37.6 Å². The number of nitrogens with one attached hydrogen (secondary N) is 2. The third-order valence-electron chi connectivity index (χ3n) is 4.76. The van der Waals surface area contributed by atoms with Crippen molar-refractivity contribution >= 4 is 5.82 Å². The molecule has 0 saturated carbocycles. The standard InChI is InChI=1S/C17H30N4O/c1-4-13(3)11-14(5-2)20-15-7-6-10-21(12-15)16-17(22)19-9-8-18-16/h8-9,13-15,20H,4-7,10-12H2,1-3H3,(H,19,22)/t13-,14+,15+/m0/s1. The maximum Gasteiger partial charge on any atom is 0.290 e. The molecule has 0 amide bonds. The van der Waals surface area contributed by atoms with Gasteiger partial charge in [-0.05, 0) is 31.6 Å². The summed E-state index contributed by atoms with van der Waals surface area (Å²) in [6, 6.07) is 1.02. The van der Waals surface area contributed by atoms with Crippen molar-refractivity contribution in [3.8, 4) is 0 Å². The van der Waals surface area contributed by atoms with Crippen LogP contribution in [0.1, 0.15) is 52.9 Å². The Balaban J connectivity index is 1.95. The van der Waals surface area contributed by atoms with Crippen molar-refractivity contribution in [3.63, 3.8) is 0 Å². The van der Waals surface area contributed by atoms with Crippen LogP contribution in [0.15, 0.2) is 17.2 Å². The number of anilines is 1. The molecule has 0 radical (unpaired) electrons. The lowest BCUT2D eigenvalue weighted by Crippen LogP contribution is -2.50. The molecule has 1 fully saturated rings. The first-order valence-electron chi connectivity index (χ1n) is 8.68. The highest BCUT2D eigenvalue weighted by atomic mass is 16.1. The van der Waals surface area contributed by atoms with Crippen molar-refractivity contribution in [1.29, 1.82) is 0 Å². The second kappa shape index (κ2) is 8.32. The zero-order valence-corrected chi connectivity index (χ0v) is 14.1. The fourth-order valence-electron chi connectivity index (χ4n) is 3.21. The molecule has 1 aromatic heterocycles. The Bertz CT molecular complexity index is 501. The molecule has 0 bridgehead atoms. The Labute approximate surface area is 133 Å². The van der Waals surface area contributed by atoms with Gasteiger partial charge in [-0.3, -0.25) is 4.79 Å². The monoisotopic (exact) mass is 306 g/mol. The van der Waals surface area contributed by atoms with Crippen LogP contribution < -0.4 is 15.8 Å². The molecule has 5 nitrogen and oxygen atoms in total. The van der Waals surface area contributed by atoms with Gasteiger partial charge in [0.25, 0.3) is 5.56 Å². The number of aromatic nitrogens is 2. The Kier molecular flexibility index (Phi) is 6.43. The van der Waals surface area contributed by atoms with Gasteiger partial charge in [0.15, 0.2) is 5.82 Å². The van der Waals surface area contributed by atoms with Gasteiger partial charge in [0.05, 0.1) is 0 Å². The summed E-state index contributed by atoms with van der Waals surface area (Å²) >= 11 is 0. The molecule has 1 aliphatic rings. The van der Waals surface area contributed by atoms with Crippen molar-refractivity contribution in [1.82, 2.24) is 15.3 Å². The summed E-state index contributed by atoms with van der Waals surface area (Å²) in [7, 11) is 0. The molecule has 2 heterocycles. The molecule has 2 rings (SSSR count). The molecule has 1 aliphatic heterocycles. The van der Waals surface area contributed by atoms with E-state index in [-0.39, 0.29) is 5.56 Å². The molecular weight excluding hydrogens is 276 g/mol. The number of H-pyrrole nitrogens is 1. The zero-order chi connectivity index (χ0) is 15.9. The van der Waals surface area contributed by atoms with Crippen molar-refractivity contribution < 1.29 is 0 Å². The quantitative estimate of drug-likeness (QED) is 0.813. The van der Waals surface area contributed by atoms with Gasteiger partial charge in [0.1, 0.15) is 0 Å². The second-order valence-corrected chi connectivity index (χ2v) is 6.55. The maximum atomic E-state index is 11.9. The number of aromatic amines is 1. The normalized spacial score (nSPS) is 21.6. The third-order valence-corrected chi connectivity index (χ3v) is 4.76. The summed E-state index contributed by atoms with van der Waals surface area (Å²) in [6.45, 7) is 8.62. The molecule has 0 unspecified atom stereocenters. The smallest absolute Gasteiger partial charge is 0.290 e. The minimum Gasteiger partial charge on any atom is -0.350 e. The van der Waals surface area contributed by atoms with Crippen LogP contribution in [-0.4, -0.2) is 35.1 Å². The lowest BCUT2D eigenvalue weighted by molar-refractivity contribution is 0.321. The number of rotatable bonds is 7. The average Bonchev–Trinajstić information content (AvgIpc) is 2.54. The summed E-state index contributed by atoms with van der Waals surface area (Å²) < 4.78 is 0. The number of hydrogen-bond donors (Lipinski definition) is 2. The molecule has 0 aliphatic carbocycles. The molecule has 22 heavy (non-hydrogen) atoms. The van der Waals surface area contributed by atoms with Crippen LogP contribution in [-0.2, 0) is 0 Å². The Morgan fingerprint density at radius 1 is 1.45 bits per heavy atom. The number of piperidine rings is 1. The summed E-state index contributed by atoms with van der Waals surface area (Å²) in [5.74, 6) is 1.32. The van der Waals surface area contributed by atoms with Gasteiger partial charge in [-0.15, -0.1) is 0 Å². The summed E-state index contributed by atoms with van der Waals surface area (Å²) in [5, 5.41) is 3.81. The molecule has 2 N–H and O–H groups in total. The van der Waals surface area contributed by atoms with Gasteiger partial charge in [-0.1, -0.05) is 27.2 Å². The van der Waals surface area contributed by atoms with E-state index in [9.17, 15) is 4.79 Å². The molecule has 3 atom stereocenters.